The van der Waals surface area contributed by atoms with Gasteiger partial charge in [-0.3, -0.25) is 9.69 Å². The molecule has 0 aliphatic carbocycles. The average molecular weight is 461 g/mol. The third kappa shape index (κ3) is 5.56. The molecular weight excluding hydrogens is 437 g/mol. The van der Waals surface area contributed by atoms with Crippen LogP contribution in [0.1, 0.15) is 17.7 Å². The number of halogens is 3. The Morgan fingerprint density at radius 3 is 2.50 bits per heavy atom. The minimum atomic E-state index is -0.270. The number of nitrogens with zero attached hydrogens (tertiary/aromatic N) is 2. The van der Waals surface area contributed by atoms with Crippen LogP contribution in [0.15, 0.2) is 15.9 Å². The lowest BCUT2D eigenvalue weighted by Gasteiger charge is -2.35. The highest BCUT2D eigenvalue weighted by atomic mass is 79.9. The lowest BCUT2D eigenvalue weighted by atomic mass is 10.1. The topological polar surface area (TPSA) is 58.8 Å². The Hall–Kier alpha value is 0.110. The molecule has 2 aliphatic rings. The summed E-state index contributed by atoms with van der Waals surface area (Å²) in [5.74, 6) is 0.148. The van der Waals surface area contributed by atoms with Gasteiger partial charge in [0, 0.05) is 44.1 Å². The first kappa shape index (κ1) is 22.2. The monoisotopic (exact) mass is 459 g/mol. The Balaban J connectivity index is 0.00000144. The Bertz CT molecular complexity index is 527. The van der Waals surface area contributed by atoms with Crippen LogP contribution in [0.5, 0.6) is 0 Å². The predicted octanol–water partition coefficient (Wildman–Crippen LogP) is 2.50. The highest BCUT2D eigenvalue weighted by Gasteiger charge is 2.34. The Morgan fingerprint density at radius 1 is 1.25 bits per heavy atom. The van der Waals surface area contributed by atoms with Gasteiger partial charge in [-0.25, -0.2) is 0 Å². The van der Waals surface area contributed by atoms with Crippen molar-refractivity contribution in [2.24, 2.45) is 5.73 Å². The summed E-state index contributed by atoms with van der Waals surface area (Å²) >= 11 is 5.27. The zero-order valence-electron chi connectivity index (χ0n) is 13.4. The van der Waals surface area contributed by atoms with Crippen molar-refractivity contribution in [3.05, 3.63) is 20.8 Å². The maximum Gasteiger partial charge on any atom is 0.251 e. The maximum absolute atomic E-state index is 12.5. The molecule has 0 aromatic carbocycles. The highest BCUT2D eigenvalue weighted by molar-refractivity contribution is 9.11. The van der Waals surface area contributed by atoms with Crippen molar-refractivity contribution in [3.8, 4) is 0 Å². The number of rotatable bonds is 4. The second-order valence-corrected chi connectivity index (χ2v) is 8.41. The number of carbonyl (C=O) groups is 1. The highest BCUT2D eigenvalue weighted by Crippen LogP contribution is 2.24. The fraction of sp³-hybridized carbons (Fsp3) is 0.667. The van der Waals surface area contributed by atoms with Gasteiger partial charge in [0.2, 0.25) is 0 Å². The van der Waals surface area contributed by atoms with Crippen LogP contribution in [0.4, 0.5) is 0 Å². The summed E-state index contributed by atoms with van der Waals surface area (Å²) in [4.78, 5) is 18.2. The molecule has 9 heteroatoms. The van der Waals surface area contributed by atoms with Gasteiger partial charge in [0.05, 0.1) is 9.89 Å². The van der Waals surface area contributed by atoms with E-state index in [1.54, 1.807) is 11.3 Å². The maximum atomic E-state index is 12.5. The SMILES string of the molecule is Cl.Cl.NC[C@H]1CC[C@@H](C(=O)N2CCN(Cc3ccc(Br)s3)CC2)O1. The first-order valence-electron chi connectivity index (χ1n) is 7.76. The van der Waals surface area contributed by atoms with Crippen molar-refractivity contribution in [1.82, 2.24) is 9.80 Å². The molecule has 5 nitrogen and oxygen atoms in total. The average Bonchev–Trinajstić information content (AvgIpc) is 3.16. The molecule has 0 bridgehead atoms. The number of hydrogen-bond donors (Lipinski definition) is 1. The molecule has 3 heterocycles. The minimum Gasteiger partial charge on any atom is -0.364 e. The molecule has 2 fully saturated rings. The molecule has 1 amide bonds. The third-order valence-electron chi connectivity index (χ3n) is 4.34. The van der Waals surface area contributed by atoms with E-state index in [1.807, 2.05) is 4.90 Å². The summed E-state index contributed by atoms with van der Waals surface area (Å²) in [6.07, 6.45) is 1.51. The number of ether oxygens (including phenoxy) is 1. The molecule has 2 atom stereocenters. The molecule has 1 aromatic heterocycles. The standard InChI is InChI=1S/C15H22BrN3O2S.2ClH/c16-14-4-2-12(22-14)10-18-5-7-19(8-6-18)15(20)13-3-1-11(9-17)21-13;;/h2,4,11,13H,1,3,5-10,17H2;2*1H/t11-,13+;;/m1../s1. The van der Waals surface area contributed by atoms with Gasteiger partial charge in [-0.15, -0.1) is 36.2 Å². The molecule has 0 unspecified atom stereocenters. The first-order chi connectivity index (χ1) is 10.7. The van der Waals surface area contributed by atoms with Crippen molar-refractivity contribution in [3.63, 3.8) is 0 Å². The summed E-state index contributed by atoms with van der Waals surface area (Å²) in [6.45, 7) is 4.90. The molecule has 2 saturated heterocycles. The van der Waals surface area contributed by atoms with Gasteiger partial charge in [0.1, 0.15) is 6.10 Å². The lowest BCUT2D eigenvalue weighted by Crippen LogP contribution is -2.51. The normalized spacial score (nSPS) is 24.3. The smallest absolute Gasteiger partial charge is 0.251 e. The van der Waals surface area contributed by atoms with Gasteiger partial charge in [0.25, 0.3) is 5.91 Å². The van der Waals surface area contributed by atoms with E-state index in [4.69, 9.17) is 10.5 Å². The summed E-state index contributed by atoms with van der Waals surface area (Å²) in [7, 11) is 0. The summed E-state index contributed by atoms with van der Waals surface area (Å²) in [5.41, 5.74) is 5.61. The molecule has 0 radical (unpaired) electrons. The zero-order chi connectivity index (χ0) is 15.5. The molecular formula is C15H24BrCl2N3O2S. The predicted molar refractivity (Wildman–Crippen MR) is 105 cm³/mol. The molecule has 0 spiro atoms. The van der Waals surface area contributed by atoms with Crippen LogP contribution in [0, 0.1) is 0 Å². The molecule has 2 N–H and O–H groups in total. The van der Waals surface area contributed by atoms with Crippen LogP contribution in [0.3, 0.4) is 0 Å². The second-order valence-electron chi connectivity index (χ2n) is 5.87. The largest absolute Gasteiger partial charge is 0.364 e. The number of carbonyl (C=O) groups excluding carboxylic acids is 1. The second kappa shape index (κ2) is 10.3. The summed E-state index contributed by atoms with van der Waals surface area (Å²) in [5, 5.41) is 0. The van der Waals surface area contributed by atoms with E-state index in [0.717, 1.165) is 45.6 Å². The number of piperazine rings is 1. The Kier molecular flexibility index (Phi) is 9.51. The van der Waals surface area contributed by atoms with Crippen LogP contribution in [0.25, 0.3) is 0 Å². The van der Waals surface area contributed by atoms with Crippen molar-refractivity contribution in [2.45, 2.75) is 31.6 Å². The van der Waals surface area contributed by atoms with E-state index in [0.29, 0.717) is 6.54 Å². The van der Waals surface area contributed by atoms with Gasteiger partial charge in [0.15, 0.2) is 0 Å². The quantitative estimate of drug-likeness (QED) is 0.749. The van der Waals surface area contributed by atoms with E-state index in [-0.39, 0.29) is 42.9 Å². The van der Waals surface area contributed by atoms with E-state index >= 15 is 0 Å². The lowest BCUT2D eigenvalue weighted by molar-refractivity contribution is -0.144. The number of hydrogen-bond acceptors (Lipinski definition) is 5. The molecule has 0 saturated carbocycles. The van der Waals surface area contributed by atoms with Crippen LogP contribution in [-0.4, -0.2) is 60.6 Å². The van der Waals surface area contributed by atoms with Gasteiger partial charge in [-0.05, 0) is 40.9 Å². The number of nitrogens with two attached hydrogens (primary N) is 1. The Labute approximate surface area is 167 Å². The van der Waals surface area contributed by atoms with Gasteiger partial charge in [-0.2, -0.15) is 0 Å². The number of thiophene rings is 1. The third-order valence-corrected chi connectivity index (χ3v) is 5.95. The fourth-order valence-corrected chi connectivity index (χ4v) is 4.57. The van der Waals surface area contributed by atoms with E-state index in [2.05, 4.69) is 33.0 Å². The van der Waals surface area contributed by atoms with E-state index in [1.165, 1.54) is 8.66 Å². The van der Waals surface area contributed by atoms with Crippen LogP contribution in [-0.2, 0) is 16.1 Å². The van der Waals surface area contributed by atoms with Crippen LogP contribution < -0.4 is 5.73 Å². The van der Waals surface area contributed by atoms with Crippen molar-refractivity contribution < 1.29 is 9.53 Å². The first-order valence-corrected chi connectivity index (χ1v) is 9.37. The summed E-state index contributed by atoms with van der Waals surface area (Å²) in [6, 6.07) is 4.25. The van der Waals surface area contributed by atoms with Crippen molar-refractivity contribution in [2.75, 3.05) is 32.7 Å². The van der Waals surface area contributed by atoms with Crippen LogP contribution >= 0.6 is 52.1 Å². The fourth-order valence-electron chi connectivity index (χ4n) is 3.05. The number of amides is 1. The zero-order valence-corrected chi connectivity index (χ0v) is 17.4. The molecule has 2 aliphatic heterocycles. The molecule has 1 aromatic rings. The van der Waals surface area contributed by atoms with Gasteiger partial charge < -0.3 is 15.4 Å². The van der Waals surface area contributed by atoms with Gasteiger partial charge >= 0.3 is 0 Å². The summed E-state index contributed by atoms with van der Waals surface area (Å²) < 4.78 is 6.89. The molecule has 138 valence electrons. The van der Waals surface area contributed by atoms with Crippen molar-refractivity contribution in [1.29, 1.82) is 0 Å². The minimum absolute atomic E-state index is 0. The van der Waals surface area contributed by atoms with E-state index < -0.39 is 0 Å². The van der Waals surface area contributed by atoms with E-state index in [9.17, 15) is 4.79 Å². The van der Waals surface area contributed by atoms with Crippen molar-refractivity contribution >= 4 is 58.0 Å². The molecule has 24 heavy (non-hydrogen) atoms. The van der Waals surface area contributed by atoms with Crippen LogP contribution in [0.2, 0.25) is 0 Å². The van der Waals surface area contributed by atoms with Gasteiger partial charge in [-0.1, -0.05) is 0 Å². The Morgan fingerprint density at radius 2 is 1.96 bits per heavy atom. The molecule has 3 rings (SSSR count).